The van der Waals surface area contributed by atoms with Gasteiger partial charge in [-0.3, -0.25) is 4.79 Å². The molecule has 1 aromatic rings. The first kappa shape index (κ1) is 10.8. The van der Waals surface area contributed by atoms with Crippen LogP contribution in [-0.2, 0) is 6.54 Å². The standard InChI is InChI=1S/C14H18N2O/c1-3-12-9(2)4-13-11-5-10(6-15-7-11)8-16(13)14(12)17/h3-4,10-11,15H,1,5-8H2,2H3. The van der Waals surface area contributed by atoms with Crippen molar-refractivity contribution in [1.29, 1.82) is 0 Å². The molecular weight excluding hydrogens is 212 g/mol. The first-order valence-corrected chi connectivity index (χ1v) is 6.28. The number of hydrogen-bond acceptors (Lipinski definition) is 2. The monoisotopic (exact) mass is 230 g/mol. The van der Waals surface area contributed by atoms with E-state index < -0.39 is 0 Å². The second kappa shape index (κ2) is 3.84. The molecule has 1 N–H and O–H groups in total. The fraction of sp³-hybridized carbons (Fsp3) is 0.500. The summed E-state index contributed by atoms with van der Waals surface area (Å²) in [5.41, 5.74) is 3.18. The topological polar surface area (TPSA) is 34.0 Å². The van der Waals surface area contributed by atoms with Crippen molar-refractivity contribution in [2.45, 2.75) is 25.8 Å². The minimum atomic E-state index is 0.145. The molecule has 3 nitrogen and oxygen atoms in total. The molecule has 90 valence electrons. The number of piperidine rings is 1. The van der Waals surface area contributed by atoms with Crippen LogP contribution in [0.15, 0.2) is 17.4 Å². The van der Waals surface area contributed by atoms with E-state index in [-0.39, 0.29) is 5.56 Å². The minimum Gasteiger partial charge on any atom is -0.316 e. The molecule has 2 aliphatic rings. The lowest BCUT2D eigenvalue weighted by Gasteiger charge is -2.37. The predicted molar refractivity (Wildman–Crippen MR) is 69.2 cm³/mol. The van der Waals surface area contributed by atoms with E-state index in [2.05, 4.69) is 18.0 Å². The first-order chi connectivity index (χ1) is 8.20. The van der Waals surface area contributed by atoms with Gasteiger partial charge in [-0.2, -0.15) is 0 Å². The fourth-order valence-corrected chi connectivity index (χ4v) is 3.24. The van der Waals surface area contributed by atoms with Gasteiger partial charge in [0.1, 0.15) is 0 Å². The molecule has 1 fully saturated rings. The average molecular weight is 230 g/mol. The highest BCUT2D eigenvalue weighted by atomic mass is 16.1. The van der Waals surface area contributed by atoms with Gasteiger partial charge in [-0.25, -0.2) is 0 Å². The van der Waals surface area contributed by atoms with Gasteiger partial charge in [0.05, 0.1) is 0 Å². The molecule has 17 heavy (non-hydrogen) atoms. The number of aromatic nitrogens is 1. The number of pyridine rings is 1. The molecule has 2 unspecified atom stereocenters. The Bertz CT molecular complexity index is 530. The highest BCUT2D eigenvalue weighted by Gasteiger charge is 2.31. The molecular formula is C14H18N2O. The van der Waals surface area contributed by atoms with E-state index in [1.807, 2.05) is 11.5 Å². The molecule has 3 rings (SSSR count). The Morgan fingerprint density at radius 1 is 1.53 bits per heavy atom. The van der Waals surface area contributed by atoms with Crippen LogP contribution in [-0.4, -0.2) is 17.7 Å². The third kappa shape index (κ3) is 1.57. The van der Waals surface area contributed by atoms with Crippen LogP contribution in [0.4, 0.5) is 0 Å². The zero-order chi connectivity index (χ0) is 12.0. The zero-order valence-electron chi connectivity index (χ0n) is 10.2. The van der Waals surface area contributed by atoms with E-state index in [4.69, 9.17) is 0 Å². The lowest BCUT2D eigenvalue weighted by Crippen LogP contribution is -2.45. The van der Waals surface area contributed by atoms with Gasteiger partial charge in [-0.15, -0.1) is 0 Å². The molecule has 3 heterocycles. The highest BCUT2D eigenvalue weighted by molar-refractivity contribution is 5.51. The van der Waals surface area contributed by atoms with E-state index in [0.717, 1.165) is 30.8 Å². The van der Waals surface area contributed by atoms with Crippen LogP contribution >= 0.6 is 0 Å². The lowest BCUT2D eigenvalue weighted by atomic mass is 9.83. The van der Waals surface area contributed by atoms with Crippen molar-refractivity contribution < 1.29 is 0 Å². The van der Waals surface area contributed by atoms with Gasteiger partial charge in [-0.1, -0.05) is 12.7 Å². The molecule has 3 heteroatoms. The van der Waals surface area contributed by atoms with Crippen molar-refractivity contribution in [3.63, 3.8) is 0 Å². The van der Waals surface area contributed by atoms with Gasteiger partial charge in [-0.05, 0) is 37.4 Å². The quantitative estimate of drug-likeness (QED) is 0.793. The van der Waals surface area contributed by atoms with Crippen molar-refractivity contribution in [1.82, 2.24) is 9.88 Å². The van der Waals surface area contributed by atoms with Crippen molar-refractivity contribution in [3.8, 4) is 0 Å². The fourth-order valence-electron chi connectivity index (χ4n) is 3.24. The normalized spacial score (nSPS) is 26.4. The summed E-state index contributed by atoms with van der Waals surface area (Å²) in [4.78, 5) is 12.4. The zero-order valence-corrected chi connectivity index (χ0v) is 10.2. The highest BCUT2D eigenvalue weighted by Crippen LogP contribution is 2.32. The molecule has 2 atom stereocenters. The Balaban J connectivity index is 2.21. The van der Waals surface area contributed by atoms with E-state index in [9.17, 15) is 4.79 Å². The van der Waals surface area contributed by atoms with Crippen LogP contribution in [0.3, 0.4) is 0 Å². The van der Waals surface area contributed by atoms with Gasteiger partial charge < -0.3 is 9.88 Å². The van der Waals surface area contributed by atoms with Gasteiger partial charge in [0.25, 0.3) is 5.56 Å². The summed E-state index contributed by atoms with van der Waals surface area (Å²) in [6, 6.07) is 2.17. The summed E-state index contributed by atoms with van der Waals surface area (Å²) >= 11 is 0. The summed E-state index contributed by atoms with van der Waals surface area (Å²) < 4.78 is 1.98. The number of aryl methyl sites for hydroxylation is 1. The van der Waals surface area contributed by atoms with Crippen LogP contribution in [0.2, 0.25) is 0 Å². The number of rotatable bonds is 1. The van der Waals surface area contributed by atoms with Crippen LogP contribution in [0.25, 0.3) is 6.08 Å². The van der Waals surface area contributed by atoms with Crippen molar-refractivity contribution in [3.05, 3.63) is 39.8 Å². The Hall–Kier alpha value is -1.35. The lowest BCUT2D eigenvalue weighted by molar-refractivity contribution is 0.257. The number of nitrogens with one attached hydrogen (secondary N) is 1. The Kier molecular flexibility index (Phi) is 2.44. The van der Waals surface area contributed by atoms with Gasteiger partial charge >= 0.3 is 0 Å². The van der Waals surface area contributed by atoms with Crippen LogP contribution in [0.1, 0.15) is 29.2 Å². The number of fused-ring (bicyclic) bond motifs is 4. The summed E-state index contributed by atoms with van der Waals surface area (Å²) in [7, 11) is 0. The second-order valence-electron chi connectivity index (χ2n) is 5.24. The second-order valence-corrected chi connectivity index (χ2v) is 5.24. The summed E-state index contributed by atoms with van der Waals surface area (Å²) in [5, 5.41) is 3.46. The molecule has 0 radical (unpaired) electrons. The third-order valence-corrected chi connectivity index (χ3v) is 4.08. The third-order valence-electron chi connectivity index (χ3n) is 4.08. The van der Waals surface area contributed by atoms with Crippen LogP contribution in [0, 0.1) is 12.8 Å². The molecule has 0 spiro atoms. The van der Waals surface area contributed by atoms with Gasteiger partial charge in [0, 0.05) is 30.3 Å². The molecule has 1 saturated heterocycles. The number of hydrogen-bond donors (Lipinski definition) is 1. The van der Waals surface area contributed by atoms with Crippen molar-refractivity contribution in [2.75, 3.05) is 13.1 Å². The molecule has 2 bridgehead atoms. The van der Waals surface area contributed by atoms with Crippen molar-refractivity contribution >= 4 is 6.08 Å². The van der Waals surface area contributed by atoms with E-state index in [1.54, 1.807) is 6.08 Å². The molecule has 0 aliphatic carbocycles. The predicted octanol–water partition coefficient (Wildman–Crippen LogP) is 1.51. The van der Waals surface area contributed by atoms with E-state index in [1.165, 1.54) is 12.1 Å². The Morgan fingerprint density at radius 2 is 2.35 bits per heavy atom. The van der Waals surface area contributed by atoms with Gasteiger partial charge in [0.2, 0.25) is 0 Å². The summed E-state index contributed by atoms with van der Waals surface area (Å²) in [5.74, 6) is 1.12. The van der Waals surface area contributed by atoms with Crippen molar-refractivity contribution in [2.24, 2.45) is 5.92 Å². The van der Waals surface area contributed by atoms with E-state index in [0.29, 0.717) is 11.8 Å². The Labute approximate surface area is 101 Å². The molecule has 1 aromatic heterocycles. The minimum absolute atomic E-state index is 0.145. The molecule has 0 aromatic carbocycles. The SMILES string of the molecule is C=Cc1c(C)cc2n(c1=O)CC1CNCC2C1. The average Bonchev–Trinajstić information content (AvgIpc) is 2.32. The molecule has 2 aliphatic heterocycles. The first-order valence-electron chi connectivity index (χ1n) is 6.28. The van der Waals surface area contributed by atoms with Crippen LogP contribution < -0.4 is 10.9 Å². The maximum absolute atomic E-state index is 12.4. The smallest absolute Gasteiger partial charge is 0.258 e. The summed E-state index contributed by atoms with van der Waals surface area (Å²) in [6.07, 6.45) is 2.91. The van der Waals surface area contributed by atoms with Gasteiger partial charge in [0.15, 0.2) is 0 Å². The maximum Gasteiger partial charge on any atom is 0.258 e. The largest absolute Gasteiger partial charge is 0.316 e. The van der Waals surface area contributed by atoms with E-state index >= 15 is 0 Å². The Morgan fingerprint density at radius 3 is 3.12 bits per heavy atom. The van der Waals surface area contributed by atoms with Crippen LogP contribution in [0.5, 0.6) is 0 Å². The molecule has 0 saturated carbocycles. The maximum atomic E-state index is 12.4. The summed E-state index contributed by atoms with van der Waals surface area (Å²) in [6.45, 7) is 8.65. The molecule has 0 amide bonds. The number of nitrogens with zero attached hydrogens (tertiary/aromatic N) is 1.